The molecule has 1 unspecified atom stereocenters. The van der Waals surface area contributed by atoms with Crippen LogP contribution in [0.15, 0.2) is 24.3 Å². The molecule has 2 nitrogen and oxygen atoms in total. The normalized spacial score (nSPS) is 18.1. The largest absolute Gasteiger partial charge is 0.312 e. The Bertz CT molecular complexity index is 431. The first kappa shape index (κ1) is 13.3. The maximum Gasteiger partial charge on any atom is 0.134 e. The van der Waals surface area contributed by atoms with E-state index in [2.05, 4.69) is 50.4 Å². The fraction of sp³-hybridized carbons (Fsp3) is 0.562. The van der Waals surface area contributed by atoms with Crippen molar-refractivity contribution in [3.05, 3.63) is 35.4 Å². The summed E-state index contributed by atoms with van der Waals surface area (Å²) in [6.07, 6.45) is 2.44. The molecule has 0 spiro atoms. The first-order chi connectivity index (χ1) is 8.46. The van der Waals surface area contributed by atoms with Crippen LogP contribution >= 0.6 is 0 Å². The minimum atomic E-state index is 0.101. The number of carbonyl (C=O) groups excluding carboxylic acids is 1. The predicted molar refractivity (Wildman–Crippen MR) is 74.9 cm³/mol. The van der Waals surface area contributed by atoms with Crippen molar-refractivity contribution in [2.75, 3.05) is 6.54 Å². The van der Waals surface area contributed by atoms with Gasteiger partial charge in [0, 0.05) is 24.9 Å². The van der Waals surface area contributed by atoms with E-state index in [-0.39, 0.29) is 5.54 Å². The Morgan fingerprint density at radius 2 is 2.06 bits per heavy atom. The average Bonchev–Trinajstić information content (AvgIpc) is 2.24. The zero-order valence-electron chi connectivity index (χ0n) is 11.6. The third-order valence-electron chi connectivity index (χ3n) is 3.49. The Kier molecular flexibility index (Phi) is 3.86. The van der Waals surface area contributed by atoms with Crippen molar-refractivity contribution in [2.24, 2.45) is 0 Å². The van der Waals surface area contributed by atoms with Crippen molar-refractivity contribution >= 4 is 5.78 Å². The highest BCUT2D eigenvalue weighted by Gasteiger charge is 2.27. The molecular formula is C16H23NO. The fourth-order valence-electron chi connectivity index (χ4n) is 2.50. The van der Waals surface area contributed by atoms with Gasteiger partial charge in [-0.1, -0.05) is 24.3 Å². The van der Waals surface area contributed by atoms with Crippen molar-refractivity contribution in [3.8, 4) is 0 Å². The smallest absolute Gasteiger partial charge is 0.134 e. The number of nitrogens with one attached hydrogen (secondary N) is 1. The van der Waals surface area contributed by atoms with Crippen molar-refractivity contribution in [3.63, 3.8) is 0 Å². The van der Waals surface area contributed by atoms with Gasteiger partial charge >= 0.3 is 0 Å². The second-order valence-corrected chi connectivity index (χ2v) is 6.27. The van der Waals surface area contributed by atoms with Crippen LogP contribution in [0.4, 0.5) is 0 Å². The summed E-state index contributed by atoms with van der Waals surface area (Å²) in [7, 11) is 0. The van der Waals surface area contributed by atoms with Gasteiger partial charge in [-0.2, -0.15) is 0 Å². The highest BCUT2D eigenvalue weighted by atomic mass is 16.1. The number of hydrogen-bond acceptors (Lipinski definition) is 2. The molecule has 0 radical (unpaired) electrons. The number of benzene rings is 1. The van der Waals surface area contributed by atoms with Crippen LogP contribution in [0.2, 0.25) is 0 Å². The molecule has 0 saturated heterocycles. The van der Waals surface area contributed by atoms with E-state index in [1.165, 1.54) is 11.1 Å². The lowest BCUT2D eigenvalue weighted by Gasteiger charge is -2.29. The molecule has 0 heterocycles. The quantitative estimate of drug-likeness (QED) is 0.864. The molecule has 0 amide bonds. The summed E-state index contributed by atoms with van der Waals surface area (Å²) in [4.78, 5) is 11.9. The number of fused-ring (bicyclic) bond motifs is 1. The molecule has 1 N–H and O–H groups in total. The molecule has 1 atom stereocenters. The maximum atomic E-state index is 11.9. The van der Waals surface area contributed by atoms with Gasteiger partial charge in [0.2, 0.25) is 0 Å². The molecule has 0 fully saturated rings. The zero-order valence-corrected chi connectivity index (χ0v) is 11.6. The summed E-state index contributed by atoms with van der Waals surface area (Å²) >= 11 is 0. The van der Waals surface area contributed by atoms with Gasteiger partial charge in [-0.25, -0.2) is 0 Å². The summed E-state index contributed by atoms with van der Waals surface area (Å²) in [6.45, 7) is 7.16. The van der Waals surface area contributed by atoms with Gasteiger partial charge in [-0.3, -0.25) is 4.79 Å². The molecule has 1 aliphatic carbocycles. The number of carbonyl (C=O) groups is 1. The van der Waals surface area contributed by atoms with Crippen LogP contribution in [0.3, 0.4) is 0 Å². The van der Waals surface area contributed by atoms with Gasteiger partial charge in [-0.15, -0.1) is 0 Å². The SMILES string of the molecule is CC(C)(C)NCCC(=O)CC1Cc2ccccc21. The van der Waals surface area contributed by atoms with E-state index in [0.717, 1.165) is 13.0 Å². The summed E-state index contributed by atoms with van der Waals surface area (Å²) < 4.78 is 0. The molecule has 98 valence electrons. The topological polar surface area (TPSA) is 29.1 Å². The monoisotopic (exact) mass is 245 g/mol. The number of ketones is 1. The van der Waals surface area contributed by atoms with E-state index >= 15 is 0 Å². The number of rotatable bonds is 5. The minimum Gasteiger partial charge on any atom is -0.312 e. The van der Waals surface area contributed by atoms with Crippen LogP contribution in [0, 0.1) is 0 Å². The molecule has 0 saturated carbocycles. The Balaban J connectivity index is 1.74. The van der Waals surface area contributed by atoms with Crippen LogP contribution < -0.4 is 5.32 Å². The molecule has 0 bridgehead atoms. The summed E-state index contributed by atoms with van der Waals surface area (Å²) in [5.41, 5.74) is 2.90. The van der Waals surface area contributed by atoms with Crippen LogP contribution in [-0.4, -0.2) is 17.9 Å². The molecule has 1 aliphatic rings. The Morgan fingerprint density at radius 3 is 2.72 bits per heavy atom. The second kappa shape index (κ2) is 5.23. The van der Waals surface area contributed by atoms with E-state index < -0.39 is 0 Å². The second-order valence-electron chi connectivity index (χ2n) is 6.27. The minimum absolute atomic E-state index is 0.101. The molecule has 18 heavy (non-hydrogen) atoms. The van der Waals surface area contributed by atoms with Gasteiger partial charge in [0.25, 0.3) is 0 Å². The number of Topliss-reactive ketones (excluding diaryl/α,β-unsaturated/α-hetero) is 1. The van der Waals surface area contributed by atoms with Crippen LogP contribution in [0.25, 0.3) is 0 Å². The molecule has 1 aromatic rings. The van der Waals surface area contributed by atoms with Crippen LogP contribution in [0.1, 0.15) is 50.7 Å². The lowest BCUT2D eigenvalue weighted by atomic mass is 9.75. The van der Waals surface area contributed by atoms with Gasteiger partial charge in [0.05, 0.1) is 0 Å². The fourth-order valence-corrected chi connectivity index (χ4v) is 2.50. The van der Waals surface area contributed by atoms with Crippen molar-refractivity contribution in [1.29, 1.82) is 0 Å². The van der Waals surface area contributed by atoms with E-state index in [0.29, 0.717) is 24.5 Å². The molecular weight excluding hydrogens is 222 g/mol. The maximum absolute atomic E-state index is 11.9. The average molecular weight is 245 g/mol. The van der Waals surface area contributed by atoms with Crippen LogP contribution in [-0.2, 0) is 11.2 Å². The molecule has 0 aliphatic heterocycles. The van der Waals surface area contributed by atoms with Crippen molar-refractivity contribution in [2.45, 2.75) is 51.5 Å². The van der Waals surface area contributed by atoms with Gasteiger partial charge in [0.1, 0.15) is 5.78 Å². The number of hydrogen-bond donors (Lipinski definition) is 1. The molecule has 2 heteroatoms. The Hall–Kier alpha value is -1.15. The Labute approximate surface area is 110 Å². The van der Waals surface area contributed by atoms with Crippen molar-refractivity contribution in [1.82, 2.24) is 5.32 Å². The highest BCUT2D eigenvalue weighted by Crippen LogP contribution is 2.37. The van der Waals surface area contributed by atoms with Crippen LogP contribution in [0.5, 0.6) is 0 Å². The predicted octanol–water partition coefficient (Wildman–Crippen LogP) is 3.06. The van der Waals surface area contributed by atoms with E-state index in [1.54, 1.807) is 0 Å². The Morgan fingerprint density at radius 1 is 1.33 bits per heavy atom. The third-order valence-corrected chi connectivity index (χ3v) is 3.49. The highest BCUT2D eigenvalue weighted by molar-refractivity contribution is 5.80. The zero-order chi connectivity index (χ0) is 13.2. The molecule has 0 aromatic heterocycles. The molecule has 2 rings (SSSR count). The summed E-state index contributed by atoms with van der Waals surface area (Å²) in [6, 6.07) is 8.46. The van der Waals surface area contributed by atoms with Crippen molar-refractivity contribution < 1.29 is 4.79 Å². The summed E-state index contributed by atoms with van der Waals surface area (Å²) in [5.74, 6) is 0.856. The lowest BCUT2D eigenvalue weighted by Crippen LogP contribution is -2.37. The van der Waals surface area contributed by atoms with E-state index in [9.17, 15) is 4.79 Å². The summed E-state index contributed by atoms with van der Waals surface area (Å²) in [5, 5.41) is 3.36. The van der Waals surface area contributed by atoms with E-state index in [4.69, 9.17) is 0 Å². The molecule has 1 aromatic carbocycles. The first-order valence-electron chi connectivity index (χ1n) is 6.80. The standard InChI is InChI=1S/C16H23NO/c1-16(2,3)17-9-8-14(18)11-13-10-12-6-4-5-7-15(12)13/h4-7,13,17H,8-11H2,1-3H3. The lowest BCUT2D eigenvalue weighted by molar-refractivity contribution is -0.119. The van der Waals surface area contributed by atoms with Gasteiger partial charge in [-0.05, 0) is 44.2 Å². The van der Waals surface area contributed by atoms with Gasteiger partial charge in [0.15, 0.2) is 0 Å². The van der Waals surface area contributed by atoms with E-state index in [1.807, 2.05) is 0 Å². The van der Waals surface area contributed by atoms with Gasteiger partial charge < -0.3 is 5.32 Å². The first-order valence-corrected chi connectivity index (χ1v) is 6.80. The third kappa shape index (κ3) is 3.42.